The van der Waals surface area contributed by atoms with Crippen molar-refractivity contribution in [1.82, 2.24) is 5.32 Å². The molecule has 0 bridgehead atoms. The van der Waals surface area contributed by atoms with Gasteiger partial charge in [0.15, 0.2) is 0 Å². The molecule has 0 fully saturated rings. The lowest BCUT2D eigenvalue weighted by atomic mass is 10.1. The highest BCUT2D eigenvalue weighted by Crippen LogP contribution is 2.18. The Bertz CT molecular complexity index is 645. The molecule has 2 aromatic rings. The number of aliphatic hydroxyl groups excluding tert-OH is 1. The van der Waals surface area contributed by atoms with E-state index >= 15 is 0 Å². The lowest BCUT2D eigenvalue weighted by molar-refractivity contribution is -0.120. The number of benzene rings is 2. The molecule has 2 rings (SSSR count). The van der Waals surface area contributed by atoms with Crippen molar-refractivity contribution in [2.45, 2.75) is 12.5 Å². The molecule has 0 aliphatic carbocycles. The van der Waals surface area contributed by atoms with Gasteiger partial charge in [0.05, 0.1) is 19.6 Å². The van der Waals surface area contributed by atoms with Gasteiger partial charge >= 0.3 is 0 Å². The Morgan fingerprint density at radius 3 is 2.77 bits per heavy atom. The molecule has 4 nitrogen and oxygen atoms in total. The van der Waals surface area contributed by atoms with Crippen LogP contribution in [0, 0.1) is 5.82 Å². The molecule has 0 radical (unpaired) electrons. The first-order valence-electron chi connectivity index (χ1n) is 6.91. The number of aliphatic hydroxyl groups is 1. The van der Waals surface area contributed by atoms with Gasteiger partial charge in [-0.15, -0.1) is 0 Å². The maximum absolute atomic E-state index is 13.0. The third-order valence-corrected chi connectivity index (χ3v) is 3.22. The van der Waals surface area contributed by atoms with E-state index in [2.05, 4.69) is 5.32 Å². The van der Waals surface area contributed by atoms with Gasteiger partial charge in [0.25, 0.3) is 0 Å². The average molecular weight is 303 g/mol. The largest absolute Gasteiger partial charge is 0.497 e. The minimum atomic E-state index is -0.827. The SMILES string of the molecule is COc1cccc(C(O)CNC(=O)Cc2cccc(F)c2)c1. The van der Waals surface area contributed by atoms with Crippen molar-refractivity contribution in [2.24, 2.45) is 0 Å². The van der Waals surface area contributed by atoms with Crippen molar-refractivity contribution in [1.29, 1.82) is 0 Å². The molecule has 2 aromatic carbocycles. The van der Waals surface area contributed by atoms with E-state index in [1.807, 2.05) is 0 Å². The predicted molar refractivity (Wildman–Crippen MR) is 81.1 cm³/mol. The Hall–Kier alpha value is -2.40. The van der Waals surface area contributed by atoms with Crippen LogP contribution in [0.4, 0.5) is 4.39 Å². The number of halogens is 1. The van der Waals surface area contributed by atoms with Crippen LogP contribution in [0.5, 0.6) is 5.75 Å². The summed E-state index contributed by atoms with van der Waals surface area (Å²) in [6, 6.07) is 12.9. The smallest absolute Gasteiger partial charge is 0.224 e. The maximum atomic E-state index is 13.0. The zero-order valence-corrected chi connectivity index (χ0v) is 12.3. The average Bonchev–Trinajstić information content (AvgIpc) is 2.52. The van der Waals surface area contributed by atoms with Gasteiger partial charge in [0.1, 0.15) is 11.6 Å². The lowest BCUT2D eigenvalue weighted by Gasteiger charge is -2.13. The summed E-state index contributed by atoms with van der Waals surface area (Å²) in [7, 11) is 1.55. The van der Waals surface area contributed by atoms with Crippen LogP contribution in [0.15, 0.2) is 48.5 Å². The Morgan fingerprint density at radius 2 is 2.05 bits per heavy atom. The first kappa shape index (κ1) is 16.0. The van der Waals surface area contributed by atoms with E-state index in [1.54, 1.807) is 43.5 Å². The number of carbonyl (C=O) groups is 1. The zero-order chi connectivity index (χ0) is 15.9. The summed E-state index contributed by atoms with van der Waals surface area (Å²) in [4.78, 5) is 11.8. The second-order valence-corrected chi connectivity index (χ2v) is 4.90. The molecule has 5 heteroatoms. The van der Waals surface area contributed by atoms with Gasteiger partial charge in [-0.3, -0.25) is 4.79 Å². The van der Waals surface area contributed by atoms with Crippen LogP contribution in [-0.2, 0) is 11.2 Å². The van der Waals surface area contributed by atoms with Crippen molar-refractivity contribution in [3.63, 3.8) is 0 Å². The molecule has 2 N–H and O–H groups in total. The number of hydrogen-bond donors (Lipinski definition) is 2. The zero-order valence-electron chi connectivity index (χ0n) is 12.3. The summed E-state index contributed by atoms with van der Waals surface area (Å²) in [5.41, 5.74) is 1.25. The van der Waals surface area contributed by atoms with Gasteiger partial charge in [-0.25, -0.2) is 4.39 Å². The highest BCUT2D eigenvalue weighted by atomic mass is 19.1. The van der Waals surface area contributed by atoms with Gasteiger partial charge in [-0.2, -0.15) is 0 Å². The van der Waals surface area contributed by atoms with Crippen LogP contribution in [0.1, 0.15) is 17.2 Å². The molecule has 1 atom stereocenters. The second kappa shape index (κ2) is 7.56. The number of nitrogens with one attached hydrogen (secondary N) is 1. The van der Waals surface area contributed by atoms with E-state index < -0.39 is 6.10 Å². The molecule has 0 aromatic heterocycles. The Morgan fingerprint density at radius 1 is 1.27 bits per heavy atom. The molecule has 0 saturated heterocycles. The van der Waals surface area contributed by atoms with Crippen molar-refractivity contribution in [3.8, 4) is 5.75 Å². The fourth-order valence-corrected chi connectivity index (χ4v) is 2.07. The van der Waals surface area contributed by atoms with Crippen molar-refractivity contribution in [3.05, 3.63) is 65.5 Å². The monoisotopic (exact) mass is 303 g/mol. The predicted octanol–water partition coefficient (Wildman–Crippen LogP) is 2.23. The number of methoxy groups -OCH3 is 1. The van der Waals surface area contributed by atoms with E-state index in [-0.39, 0.29) is 24.7 Å². The third-order valence-electron chi connectivity index (χ3n) is 3.22. The topological polar surface area (TPSA) is 58.6 Å². The lowest BCUT2D eigenvalue weighted by Crippen LogP contribution is -2.29. The molecular weight excluding hydrogens is 285 g/mol. The van der Waals surface area contributed by atoms with Crippen LogP contribution in [0.25, 0.3) is 0 Å². The van der Waals surface area contributed by atoms with Crippen LogP contribution in [-0.4, -0.2) is 24.7 Å². The van der Waals surface area contributed by atoms with Gasteiger partial charge in [0.2, 0.25) is 5.91 Å². The molecule has 116 valence electrons. The second-order valence-electron chi connectivity index (χ2n) is 4.90. The molecule has 0 saturated carbocycles. The van der Waals surface area contributed by atoms with Crippen LogP contribution < -0.4 is 10.1 Å². The van der Waals surface area contributed by atoms with Gasteiger partial charge < -0.3 is 15.2 Å². The van der Waals surface area contributed by atoms with Gasteiger partial charge in [-0.05, 0) is 35.4 Å². The van der Waals surface area contributed by atoms with Gasteiger partial charge in [0, 0.05) is 6.54 Å². The first-order chi connectivity index (χ1) is 10.6. The van der Waals surface area contributed by atoms with Crippen molar-refractivity contribution < 1.29 is 19.0 Å². The minimum absolute atomic E-state index is 0.0720. The number of amides is 1. The summed E-state index contributed by atoms with van der Waals surface area (Å²) in [5, 5.41) is 12.7. The van der Waals surface area contributed by atoms with E-state index in [4.69, 9.17) is 4.74 Å². The standard InChI is InChI=1S/C17H18FNO3/c1-22-15-7-3-5-13(10-15)16(20)11-19-17(21)9-12-4-2-6-14(18)8-12/h2-8,10,16,20H,9,11H2,1H3,(H,19,21). The number of rotatable bonds is 6. The maximum Gasteiger partial charge on any atom is 0.224 e. The van der Waals surface area contributed by atoms with E-state index in [0.717, 1.165) is 0 Å². The molecule has 0 aliphatic heterocycles. The quantitative estimate of drug-likeness (QED) is 0.860. The van der Waals surface area contributed by atoms with Crippen LogP contribution in [0.3, 0.4) is 0 Å². The summed E-state index contributed by atoms with van der Waals surface area (Å²) >= 11 is 0. The number of ether oxygens (including phenoxy) is 1. The van der Waals surface area contributed by atoms with Gasteiger partial charge in [-0.1, -0.05) is 24.3 Å². The summed E-state index contributed by atoms with van der Waals surface area (Å²) < 4.78 is 18.1. The van der Waals surface area contributed by atoms with E-state index in [0.29, 0.717) is 16.9 Å². The first-order valence-corrected chi connectivity index (χ1v) is 6.91. The fourth-order valence-electron chi connectivity index (χ4n) is 2.07. The molecule has 1 amide bonds. The molecule has 1 unspecified atom stereocenters. The van der Waals surface area contributed by atoms with Crippen LogP contribution in [0.2, 0.25) is 0 Å². The fraction of sp³-hybridized carbons (Fsp3) is 0.235. The van der Waals surface area contributed by atoms with E-state index in [1.165, 1.54) is 12.1 Å². The molecular formula is C17H18FNO3. The Labute approximate surface area is 128 Å². The molecule has 0 spiro atoms. The Balaban J connectivity index is 1.87. The number of carbonyl (C=O) groups excluding carboxylic acids is 1. The van der Waals surface area contributed by atoms with Crippen LogP contribution >= 0.6 is 0 Å². The molecule has 0 aliphatic rings. The summed E-state index contributed by atoms with van der Waals surface area (Å²) in [6.45, 7) is 0.0846. The summed E-state index contributed by atoms with van der Waals surface area (Å²) in [5.74, 6) is -0.00287. The number of hydrogen-bond acceptors (Lipinski definition) is 3. The minimum Gasteiger partial charge on any atom is -0.497 e. The van der Waals surface area contributed by atoms with Crippen molar-refractivity contribution >= 4 is 5.91 Å². The third kappa shape index (κ3) is 4.56. The van der Waals surface area contributed by atoms with E-state index in [9.17, 15) is 14.3 Å². The van der Waals surface area contributed by atoms with Crippen molar-refractivity contribution in [2.75, 3.05) is 13.7 Å². The highest BCUT2D eigenvalue weighted by molar-refractivity contribution is 5.78. The summed E-state index contributed by atoms with van der Waals surface area (Å²) in [6.07, 6.45) is -0.755. The molecule has 0 heterocycles. The highest BCUT2D eigenvalue weighted by Gasteiger charge is 2.11. The normalized spacial score (nSPS) is 11.8. The Kier molecular flexibility index (Phi) is 5.49. The molecule has 22 heavy (non-hydrogen) atoms.